The highest BCUT2D eigenvalue weighted by Crippen LogP contribution is 2.03. The molecule has 15 nitrogen and oxygen atoms in total. The standard InChI is InChI=1S/C17H30N6O9/c1-6(24)12(20)15(29)22-9(5-11(19)27)14(28)23-13(7(2)25)16(30)21-8(17(31)32)3-4-10(18)26/h6-9,12-13,24-25H,3-5,20H2,1-2H3,(H2,18,26)(H2,19,27)(H,21,30)(H,22,29)(H,23,28)(H,31,32). The van der Waals surface area contributed by atoms with E-state index >= 15 is 0 Å². The average Bonchev–Trinajstić information content (AvgIpc) is 2.66. The first-order valence-electron chi connectivity index (χ1n) is 9.49. The van der Waals surface area contributed by atoms with Gasteiger partial charge in [0.2, 0.25) is 29.5 Å². The molecule has 0 aromatic carbocycles. The van der Waals surface area contributed by atoms with Crippen molar-refractivity contribution in [3.8, 4) is 0 Å². The highest BCUT2D eigenvalue weighted by molar-refractivity contribution is 5.96. The number of nitrogens with two attached hydrogens (primary N) is 3. The molecule has 0 fully saturated rings. The lowest BCUT2D eigenvalue weighted by atomic mass is 10.1. The largest absolute Gasteiger partial charge is 0.480 e. The van der Waals surface area contributed by atoms with E-state index in [2.05, 4.69) is 16.0 Å². The van der Waals surface area contributed by atoms with Gasteiger partial charge in [-0.15, -0.1) is 0 Å². The van der Waals surface area contributed by atoms with Gasteiger partial charge in [-0.3, -0.25) is 24.0 Å². The first-order valence-corrected chi connectivity index (χ1v) is 9.49. The summed E-state index contributed by atoms with van der Waals surface area (Å²) in [4.78, 5) is 70.5. The van der Waals surface area contributed by atoms with E-state index in [0.717, 1.165) is 6.92 Å². The number of nitrogens with one attached hydrogen (secondary N) is 3. The van der Waals surface area contributed by atoms with Gasteiger partial charge in [0.1, 0.15) is 24.2 Å². The molecule has 6 atom stereocenters. The molecule has 0 spiro atoms. The molecule has 0 saturated heterocycles. The number of primary amides is 2. The van der Waals surface area contributed by atoms with Crippen LogP contribution in [0.3, 0.4) is 0 Å². The Balaban J connectivity index is 5.45. The second-order valence-electron chi connectivity index (χ2n) is 7.13. The van der Waals surface area contributed by atoms with Crippen LogP contribution in [-0.4, -0.2) is 87.2 Å². The van der Waals surface area contributed by atoms with Crippen LogP contribution in [-0.2, 0) is 28.8 Å². The molecule has 0 rings (SSSR count). The summed E-state index contributed by atoms with van der Waals surface area (Å²) in [5, 5.41) is 34.7. The smallest absolute Gasteiger partial charge is 0.326 e. The number of hydrogen-bond acceptors (Lipinski definition) is 9. The molecule has 182 valence electrons. The molecule has 0 saturated carbocycles. The zero-order valence-corrected chi connectivity index (χ0v) is 17.6. The maximum atomic E-state index is 12.6. The zero-order valence-electron chi connectivity index (χ0n) is 17.6. The topological polar surface area (TPSA) is 277 Å². The second kappa shape index (κ2) is 13.2. The average molecular weight is 462 g/mol. The summed E-state index contributed by atoms with van der Waals surface area (Å²) in [6.45, 7) is 2.34. The highest BCUT2D eigenvalue weighted by Gasteiger charge is 2.33. The summed E-state index contributed by atoms with van der Waals surface area (Å²) in [5.74, 6) is -6.49. The third kappa shape index (κ3) is 10.1. The third-order valence-corrected chi connectivity index (χ3v) is 4.22. The normalized spacial score (nSPS) is 16.4. The Kier molecular flexibility index (Phi) is 11.8. The van der Waals surface area contributed by atoms with Crippen LogP contribution in [0, 0.1) is 0 Å². The molecule has 0 bridgehead atoms. The number of rotatable bonds is 14. The van der Waals surface area contributed by atoms with Crippen LogP contribution in [0.1, 0.15) is 33.1 Å². The Morgan fingerprint density at radius 2 is 1.31 bits per heavy atom. The van der Waals surface area contributed by atoms with Crippen molar-refractivity contribution in [2.45, 2.75) is 69.5 Å². The molecule has 0 aromatic heterocycles. The fourth-order valence-electron chi connectivity index (χ4n) is 2.36. The lowest BCUT2D eigenvalue weighted by molar-refractivity contribution is -0.143. The molecule has 0 aliphatic carbocycles. The van der Waals surface area contributed by atoms with Gasteiger partial charge in [0.25, 0.3) is 0 Å². The van der Waals surface area contributed by atoms with E-state index in [9.17, 15) is 44.1 Å². The van der Waals surface area contributed by atoms with Gasteiger partial charge in [0.05, 0.1) is 18.6 Å². The van der Waals surface area contributed by atoms with Crippen LogP contribution < -0.4 is 33.2 Å². The molecule has 12 N–H and O–H groups in total. The van der Waals surface area contributed by atoms with E-state index in [4.69, 9.17) is 17.2 Å². The zero-order chi connectivity index (χ0) is 25.2. The Labute approximate surface area is 183 Å². The van der Waals surface area contributed by atoms with Crippen molar-refractivity contribution >= 4 is 35.5 Å². The second-order valence-corrected chi connectivity index (χ2v) is 7.13. The van der Waals surface area contributed by atoms with Crippen molar-refractivity contribution in [1.82, 2.24) is 16.0 Å². The van der Waals surface area contributed by atoms with Crippen LogP contribution >= 0.6 is 0 Å². The fourth-order valence-corrected chi connectivity index (χ4v) is 2.36. The third-order valence-electron chi connectivity index (χ3n) is 4.22. The van der Waals surface area contributed by atoms with Crippen LogP contribution in [0.2, 0.25) is 0 Å². The first kappa shape index (κ1) is 28.7. The van der Waals surface area contributed by atoms with E-state index in [1.54, 1.807) is 0 Å². The van der Waals surface area contributed by atoms with Gasteiger partial charge in [-0.05, 0) is 20.3 Å². The lowest BCUT2D eigenvalue weighted by Crippen LogP contribution is -2.60. The van der Waals surface area contributed by atoms with Crippen LogP contribution in [0.5, 0.6) is 0 Å². The fraction of sp³-hybridized carbons (Fsp3) is 0.647. The van der Waals surface area contributed by atoms with E-state index in [-0.39, 0.29) is 12.8 Å². The number of carbonyl (C=O) groups excluding carboxylic acids is 5. The summed E-state index contributed by atoms with van der Waals surface area (Å²) < 4.78 is 0. The minimum atomic E-state index is -1.70. The quantitative estimate of drug-likeness (QED) is 0.118. The number of aliphatic hydroxyl groups is 2. The minimum Gasteiger partial charge on any atom is -0.480 e. The maximum Gasteiger partial charge on any atom is 0.326 e. The SMILES string of the molecule is CC(O)C(N)C(=O)NC(CC(N)=O)C(=O)NC(C(=O)NC(CCC(N)=O)C(=O)O)C(C)O. The molecule has 0 aliphatic rings. The molecule has 0 aliphatic heterocycles. The number of carboxylic acid groups (broad SMARTS) is 1. The van der Waals surface area contributed by atoms with Crippen LogP contribution in [0.4, 0.5) is 0 Å². The maximum absolute atomic E-state index is 12.6. The summed E-state index contributed by atoms with van der Waals surface area (Å²) in [6, 6.07) is -6.28. The molecular weight excluding hydrogens is 432 g/mol. The molecule has 5 amide bonds. The van der Waals surface area contributed by atoms with Crippen molar-refractivity contribution in [2.24, 2.45) is 17.2 Å². The first-order chi connectivity index (χ1) is 14.7. The number of aliphatic carboxylic acids is 1. The van der Waals surface area contributed by atoms with Gasteiger partial charge >= 0.3 is 5.97 Å². The predicted octanol–water partition coefficient (Wildman–Crippen LogP) is -5.24. The van der Waals surface area contributed by atoms with Crippen molar-refractivity contribution in [2.75, 3.05) is 0 Å². The van der Waals surface area contributed by atoms with Gasteiger partial charge < -0.3 is 48.5 Å². The van der Waals surface area contributed by atoms with Crippen molar-refractivity contribution in [3.63, 3.8) is 0 Å². The summed E-state index contributed by atoms with van der Waals surface area (Å²) in [6.07, 6.45) is -4.20. The highest BCUT2D eigenvalue weighted by atomic mass is 16.4. The van der Waals surface area contributed by atoms with Gasteiger partial charge in [-0.2, -0.15) is 0 Å². The number of carboxylic acids is 1. The minimum absolute atomic E-state index is 0.339. The molecule has 6 unspecified atom stereocenters. The molecular formula is C17H30N6O9. The summed E-state index contributed by atoms with van der Waals surface area (Å²) >= 11 is 0. The molecule has 0 heterocycles. The van der Waals surface area contributed by atoms with E-state index in [0.29, 0.717) is 0 Å². The monoisotopic (exact) mass is 462 g/mol. The number of amides is 5. The Bertz CT molecular complexity index is 727. The summed E-state index contributed by atoms with van der Waals surface area (Å²) in [5.41, 5.74) is 15.5. The van der Waals surface area contributed by atoms with Gasteiger partial charge in [0, 0.05) is 6.42 Å². The van der Waals surface area contributed by atoms with E-state index in [1.165, 1.54) is 6.92 Å². The van der Waals surface area contributed by atoms with Gasteiger partial charge in [0.15, 0.2) is 0 Å². The molecule has 0 radical (unpaired) electrons. The predicted molar refractivity (Wildman–Crippen MR) is 107 cm³/mol. The number of aliphatic hydroxyl groups excluding tert-OH is 2. The van der Waals surface area contributed by atoms with Crippen LogP contribution in [0.25, 0.3) is 0 Å². The Hall–Kier alpha value is -3.30. The van der Waals surface area contributed by atoms with Crippen molar-refractivity contribution in [1.29, 1.82) is 0 Å². The Morgan fingerprint density at radius 3 is 1.72 bits per heavy atom. The molecule has 15 heteroatoms. The lowest BCUT2D eigenvalue weighted by Gasteiger charge is -2.26. The van der Waals surface area contributed by atoms with E-state index < -0.39 is 78.3 Å². The summed E-state index contributed by atoms with van der Waals surface area (Å²) in [7, 11) is 0. The Morgan fingerprint density at radius 1 is 0.781 bits per heavy atom. The van der Waals surface area contributed by atoms with Gasteiger partial charge in [-0.1, -0.05) is 0 Å². The van der Waals surface area contributed by atoms with Crippen molar-refractivity contribution < 1.29 is 44.1 Å². The van der Waals surface area contributed by atoms with Gasteiger partial charge in [-0.25, -0.2) is 4.79 Å². The molecule has 32 heavy (non-hydrogen) atoms. The van der Waals surface area contributed by atoms with Crippen molar-refractivity contribution in [3.05, 3.63) is 0 Å². The number of hydrogen-bond donors (Lipinski definition) is 9. The number of carbonyl (C=O) groups is 6. The van der Waals surface area contributed by atoms with Crippen LogP contribution in [0.15, 0.2) is 0 Å². The van der Waals surface area contributed by atoms with E-state index in [1.807, 2.05) is 0 Å². The molecule has 0 aromatic rings.